The average molecular weight is 476 g/mol. The fraction of sp³-hybridized carbons (Fsp3) is 0.407. The maximum absolute atomic E-state index is 12.2. The number of ketones is 1. The number of carbonyl (C=O) groups is 2. The lowest BCUT2D eigenvalue weighted by molar-refractivity contribution is -0.123. The third-order valence-corrected chi connectivity index (χ3v) is 6.41. The van der Waals surface area contributed by atoms with E-state index in [1.165, 1.54) is 6.92 Å². The molecular formula is C27H33N5O3. The van der Waals surface area contributed by atoms with Crippen LogP contribution >= 0.6 is 0 Å². The van der Waals surface area contributed by atoms with Crippen molar-refractivity contribution >= 4 is 34.4 Å². The molecule has 8 nitrogen and oxygen atoms in total. The smallest absolute Gasteiger partial charge is 0.257 e. The zero-order chi connectivity index (χ0) is 24.8. The highest BCUT2D eigenvalue weighted by atomic mass is 16.5. The van der Waals surface area contributed by atoms with E-state index in [4.69, 9.17) is 14.7 Å². The normalized spacial score (nSPS) is 17.6. The first kappa shape index (κ1) is 24.4. The third kappa shape index (κ3) is 6.47. The number of rotatable bonds is 9. The summed E-state index contributed by atoms with van der Waals surface area (Å²) in [5, 5.41) is 7.56. The molecule has 1 aliphatic carbocycles. The first-order chi connectivity index (χ1) is 16.9. The van der Waals surface area contributed by atoms with Crippen molar-refractivity contribution in [2.24, 2.45) is 5.92 Å². The summed E-state index contributed by atoms with van der Waals surface area (Å²) >= 11 is 0. The van der Waals surface area contributed by atoms with Crippen LogP contribution in [0.15, 0.2) is 48.5 Å². The molecule has 0 spiro atoms. The van der Waals surface area contributed by atoms with Crippen LogP contribution in [0.1, 0.15) is 43.0 Å². The molecule has 1 aromatic heterocycles. The number of carbonyl (C=O) groups excluding carboxylic acids is 2. The Labute approximate surface area is 206 Å². The Bertz CT molecular complexity index is 1170. The van der Waals surface area contributed by atoms with Crippen LogP contribution in [0.3, 0.4) is 0 Å². The molecule has 3 aromatic rings. The minimum absolute atomic E-state index is 0.00215. The summed E-state index contributed by atoms with van der Waals surface area (Å²) in [6, 6.07) is 15.2. The van der Waals surface area contributed by atoms with E-state index in [2.05, 4.69) is 10.6 Å². The van der Waals surface area contributed by atoms with E-state index in [1.807, 2.05) is 43.3 Å². The number of amides is 1. The second kappa shape index (κ2) is 11.2. The number of nitrogens with zero attached hydrogens (tertiary/aromatic N) is 3. The van der Waals surface area contributed by atoms with Gasteiger partial charge in [-0.15, -0.1) is 0 Å². The summed E-state index contributed by atoms with van der Waals surface area (Å²) in [5.74, 6) is 2.46. The summed E-state index contributed by atoms with van der Waals surface area (Å²) in [6.45, 7) is 2.13. The predicted molar refractivity (Wildman–Crippen MR) is 138 cm³/mol. The maximum Gasteiger partial charge on any atom is 0.257 e. The van der Waals surface area contributed by atoms with Crippen LogP contribution in [-0.4, -0.2) is 54.9 Å². The van der Waals surface area contributed by atoms with Gasteiger partial charge in [0.15, 0.2) is 12.4 Å². The Hall–Kier alpha value is -3.68. The van der Waals surface area contributed by atoms with Gasteiger partial charge in [0.1, 0.15) is 11.6 Å². The molecule has 0 atom stereocenters. The van der Waals surface area contributed by atoms with Gasteiger partial charge in [0.2, 0.25) is 5.95 Å². The van der Waals surface area contributed by atoms with Gasteiger partial charge in [-0.25, -0.2) is 4.98 Å². The zero-order valence-corrected chi connectivity index (χ0v) is 20.6. The molecule has 1 heterocycles. The summed E-state index contributed by atoms with van der Waals surface area (Å²) in [4.78, 5) is 35.0. The molecule has 0 saturated heterocycles. The van der Waals surface area contributed by atoms with Crippen molar-refractivity contribution in [3.05, 3.63) is 54.1 Å². The third-order valence-electron chi connectivity index (χ3n) is 6.41. The summed E-state index contributed by atoms with van der Waals surface area (Å²) < 4.78 is 5.53. The van der Waals surface area contributed by atoms with Crippen molar-refractivity contribution in [1.29, 1.82) is 0 Å². The van der Waals surface area contributed by atoms with E-state index >= 15 is 0 Å². The molecule has 1 fully saturated rings. The van der Waals surface area contributed by atoms with Gasteiger partial charge < -0.3 is 20.3 Å². The Morgan fingerprint density at radius 3 is 2.40 bits per heavy atom. The standard InChI is InChI=1S/C27H33N5O3/c1-18(33)20-10-14-22(15-11-20)35-17-25(34)28-16-19-8-12-21(13-9-19)29-27-30-24-7-5-4-6-23(24)26(31-27)32(2)3/h4-7,10-11,14-15,19,21H,8-9,12-13,16-17H2,1-3H3,(H,28,34)(H,29,30,31)/t19-,21+. The predicted octanol–water partition coefficient (Wildman–Crippen LogP) is 4.06. The minimum atomic E-state index is -0.137. The Morgan fingerprint density at radius 1 is 1.00 bits per heavy atom. The quantitative estimate of drug-likeness (QED) is 0.451. The molecule has 4 rings (SSSR count). The number of ether oxygens (including phenoxy) is 1. The first-order valence-corrected chi connectivity index (χ1v) is 12.1. The number of hydrogen-bond donors (Lipinski definition) is 2. The lowest BCUT2D eigenvalue weighted by Gasteiger charge is -2.29. The van der Waals surface area contributed by atoms with E-state index in [9.17, 15) is 9.59 Å². The van der Waals surface area contributed by atoms with Crippen LogP contribution < -0.4 is 20.3 Å². The monoisotopic (exact) mass is 475 g/mol. The van der Waals surface area contributed by atoms with Crippen LogP contribution in [0.5, 0.6) is 5.75 Å². The summed E-state index contributed by atoms with van der Waals surface area (Å²) in [7, 11) is 3.99. The Morgan fingerprint density at radius 2 is 1.71 bits per heavy atom. The van der Waals surface area contributed by atoms with Crippen molar-refractivity contribution in [2.75, 3.05) is 37.5 Å². The molecule has 1 amide bonds. The summed E-state index contributed by atoms with van der Waals surface area (Å²) in [6.07, 6.45) is 4.07. The maximum atomic E-state index is 12.2. The molecule has 2 aromatic carbocycles. The van der Waals surface area contributed by atoms with Gasteiger partial charge >= 0.3 is 0 Å². The van der Waals surface area contributed by atoms with Gasteiger partial charge in [0.05, 0.1) is 5.52 Å². The van der Waals surface area contributed by atoms with Crippen LogP contribution in [0.4, 0.5) is 11.8 Å². The molecule has 184 valence electrons. The second-order valence-corrected chi connectivity index (χ2v) is 9.32. The summed E-state index contributed by atoms with van der Waals surface area (Å²) in [5.41, 5.74) is 1.55. The number of para-hydroxylation sites is 1. The number of Topliss-reactive ketones (excluding diaryl/α,β-unsaturated/α-hetero) is 1. The highest BCUT2D eigenvalue weighted by molar-refractivity contribution is 5.94. The Kier molecular flexibility index (Phi) is 7.80. The van der Waals surface area contributed by atoms with Gasteiger partial charge in [-0.2, -0.15) is 4.98 Å². The van der Waals surface area contributed by atoms with Crippen molar-refractivity contribution < 1.29 is 14.3 Å². The fourth-order valence-electron chi connectivity index (χ4n) is 4.40. The molecular weight excluding hydrogens is 442 g/mol. The molecule has 0 radical (unpaired) electrons. The van der Waals surface area contributed by atoms with Crippen LogP contribution in [0.2, 0.25) is 0 Å². The van der Waals surface area contributed by atoms with Crippen LogP contribution in [-0.2, 0) is 4.79 Å². The van der Waals surface area contributed by atoms with E-state index in [-0.39, 0.29) is 18.3 Å². The average Bonchev–Trinajstić information content (AvgIpc) is 2.86. The SMILES string of the molecule is CC(=O)c1ccc(OCC(=O)NC[C@H]2CC[C@@H](Nc3nc(N(C)C)c4ccccc4n3)CC2)cc1. The number of hydrogen-bond acceptors (Lipinski definition) is 7. The van der Waals surface area contributed by atoms with Crippen molar-refractivity contribution in [3.8, 4) is 5.75 Å². The highest BCUT2D eigenvalue weighted by Gasteiger charge is 2.23. The number of benzene rings is 2. The number of nitrogens with one attached hydrogen (secondary N) is 2. The van der Waals surface area contributed by atoms with Crippen molar-refractivity contribution in [1.82, 2.24) is 15.3 Å². The van der Waals surface area contributed by atoms with Gasteiger partial charge in [0, 0.05) is 37.6 Å². The molecule has 8 heteroatoms. The topological polar surface area (TPSA) is 96.5 Å². The van der Waals surface area contributed by atoms with Gasteiger partial charge in [0.25, 0.3) is 5.91 Å². The molecule has 0 aliphatic heterocycles. The molecule has 1 saturated carbocycles. The van der Waals surface area contributed by atoms with Crippen molar-refractivity contribution in [2.45, 2.75) is 38.6 Å². The lowest BCUT2D eigenvalue weighted by atomic mass is 9.86. The number of aromatic nitrogens is 2. The largest absolute Gasteiger partial charge is 0.484 e. The zero-order valence-electron chi connectivity index (χ0n) is 20.6. The van der Waals surface area contributed by atoms with E-state index in [1.54, 1.807) is 24.3 Å². The molecule has 1 aliphatic rings. The molecule has 0 bridgehead atoms. The molecule has 2 N–H and O–H groups in total. The first-order valence-electron chi connectivity index (χ1n) is 12.1. The second-order valence-electron chi connectivity index (χ2n) is 9.32. The van der Waals surface area contributed by atoms with Crippen LogP contribution in [0.25, 0.3) is 10.9 Å². The highest BCUT2D eigenvalue weighted by Crippen LogP contribution is 2.28. The van der Waals surface area contributed by atoms with E-state index in [0.717, 1.165) is 42.4 Å². The number of fused-ring (bicyclic) bond motifs is 1. The number of anilines is 2. The van der Waals surface area contributed by atoms with Gasteiger partial charge in [-0.3, -0.25) is 9.59 Å². The molecule has 0 unspecified atom stereocenters. The van der Waals surface area contributed by atoms with Gasteiger partial charge in [-0.1, -0.05) is 12.1 Å². The van der Waals surface area contributed by atoms with Crippen LogP contribution in [0, 0.1) is 5.92 Å². The van der Waals surface area contributed by atoms with Crippen molar-refractivity contribution in [3.63, 3.8) is 0 Å². The minimum Gasteiger partial charge on any atom is -0.484 e. The Balaban J connectivity index is 1.21. The molecule has 35 heavy (non-hydrogen) atoms. The van der Waals surface area contributed by atoms with E-state index in [0.29, 0.717) is 35.8 Å². The fourth-order valence-corrected chi connectivity index (χ4v) is 4.40. The lowest BCUT2D eigenvalue weighted by Crippen LogP contribution is -2.36. The van der Waals surface area contributed by atoms with Gasteiger partial charge in [-0.05, 0) is 74.9 Å². The van der Waals surface area contributed by atoms with E-state index < -0.39 is 0 Å².